The number of hydrogen-bond acceptors (Lipinski definition) is 2. The van der Waals surface area contributed by atoms with Gasteiger partial charge in [-0.25, -0.2) is 9.38 Å². The first-order valence-corrected chi connectivity index (χ1v) is 8.84. The quantitative estimate of drug-likeness (QED) is 0.649. The average Bonchev–Trinajstić information content (AvgIpc) is 3.10. The lowest BCUT2D eigenvalue weighted by molar-refractivity contribution is 0.608. The van der Waals surface area contributed by atoms with E-state index in [4.69, 9.17) is 0 Å². The van der Waals surface area contributed by atoms with Gasteiger partial charge in [-0.05, 0) is 31.5 Å². The van der Waals surface area contributed by atoms with Gasteiger partial charge in [0.15, 0.2) is 5.96 Å². The Morgan fingerprint density at radius 1 is 1.16 bits per heavy atom. The Morgan fingerprint density at radius 3 is 2.68 bits per heavy atom. The largest absolute Gasteiger partial charge is 0.369 e. The van der Waals surface area contributed by atoms with E-state index in [1.807, 2.05) is 19.1 Å². The van der Waals surface area contributed by atoms with Crippen molar-refractivity contribution in [1.29, 1.82) is 0 Å². The summed E-state index contributed by atoms with van der Waals surface area (Å²) in [6, 6.07) is 17.6. The topological polar surface area (TPSA) is 39.7 Å². The molecule has 1 heterocycles. The molecule has 0 spiro atoms. The molecule has 1 unspecified atom stereocenters. The van der Waals surface area contributed by atoms with Crippen LogP contribution in [0.4, 0.5) is 10.1 Å². The Hall–Kier alpha value is -2.56. The summed E-state index contributed by atoms with van der Waals surface area (Å²) in [7, 11) is 0. The van der Waals surface area contributed by atoms with Gasteiger partial charge < -0.3 is 15.5 Å². The lowest BCUT2D eigenvalue weighted by Gasteiger charge is -2.20. The van der Waals surface area contributed by atoms with Crippen LogP contribution in [0.5, 0.6) is 0 Å². The van der Waals surface area contributed by atoms with Gasteiger partial charge in [0.1, 0.15) is 5.82 Å². The summed E-state index contributed by atoms with van der Waals surface area (Å²) in [5.41, 5.74) is 1.86. The number of benzene rings is 2. The van der Waals surface area contributed by atoms with Crippen molar-refractivity contribution in [3.8, 4) is 0 Å². The first-order valence-electron chi connectivity index (χ1n) is 8.84. The van der Waals surface area contributed by atoms with E-state index >= 15 is 0 Å². The summed E-state index contributed by atoms with van der Waals surface area (Å²) >= 11 is 0. The molecule has 1 aliphatic heterocycles. The normalized spacial score (nSPS) is 17.6. The van der Waals surface area contributed by atoms with Gasteiger partial charge in [-0.2, -0.15) is 0 Å². The second-order valence-electron chi connectivity index (χ2n) is 6.20. The molecule has 5 heteroatoms. The van der Waals surface area contributed by atoms with Crippen LogP contribution in [0.2, 0.25) is 0 Å². The van der Waals surface area contributed by atoms with Crippen LogP contribution in [0.25, 0.3) is 0 Å². The van der Waals surface area contributed by atoms with E-state index < -0.39 is 0 Å². The zero-order valence-electron chi connectivity index (χ0n) is 14.6. The molecule has 1 aliphatic rings. The third kappa shape index (κ3) is 4.72. The summed E-state index contributed by atoms with van der Waals surface area (Å²) in [4.78, 5) is 6.91. The van der Waals surface area contributed by atoms with Gasteiger partial charge in [-0.3, -0.25) is 0 Å². The first kappa shape index (κ1) is 17.3. The van der Waals surface area contributed by atoms with Gasteiger partial charge in [-0.15, -0.1) is 0 Å². The number of nitrogens with zero attached hydrogens (tertiary/aromatic N) is 2. The molecule has 1 atom stereocenters. The van der Waals surface area contributed by atoms with Gasteiger partial charge in [0.2, 0.25) is 0 Å². The maximum absolute atomic E-state index is 13.8. The smallest absolute Gasteiger partial charge is 0.191 e. The number of anilines is 1. The summed E-state index contributed by atoms with van der Waals surface area (Å²) < 4.78 is 13.8. The standard InChI is InChI=1S/C20H25FN4/c1-2-22-20(23-14-16-8-6-7-11-19(16)21)24-17-12-13-25(15-17)18-9-4-3-5-10-18/h3-11,17H,2,12-15H2,1H3,(H2,22,23,24). The van der Waals surface area contributed by atoms with Crippen LogP contribution < -0.4 is 15.5 Å². The molecule has 2 aromatic rings. The van der Waals surface area contributed by atoms with Crippen molar-refractivity contribution in [2.24, 2.45) is 4.99 Å². The number of para-hydroxylation sites is 1. The molecular weight excluding hydrogens is 315 g/mol. The average molecular weight is 340 g/mol. The fourth-order valence-electron chi connectivity index (χ4n) is 3.06. The molecule has 25 heavy (non-hydrogen) atoms. The zero-order chi connectivity index (χ0) is 17.5. The Morgan fingerprint density at radius 2 is 1.92 bits per heavy atom. The van der Waals surface area contributed by atoms with Crippen LogP contribution in [-0.2, 0) is 6.54 Å². The summed E-state index contributed by atoms with van der Waals surface area (Å²) in [6.07, 6.45) is 1.05. The predicted molar refractivity (Wildman–Crippen MR) is 101 cm³/mol. The highest BCUT2D eigenvalue weighted by Gasteiger charge is 2.23. The third-order valence-corrected chi connectivity index (χ3v) is 4.36. The molecule has 2 N–H and O–H groups in total. The fraction of sp³-hybridized carbons (Fsp3) is 0.350. The minimum Gasteiger partial charge on any atom is -0.369 e. The van der Waals surface area contributed by atoms with Crippen LogP contribution in [0.3, 0.4) is 0 Å². The van der Waals surface area contributed by atoms with Crippen molar-refractivity contribution in [3.63, 3.8) is 0 Å². The van der Waals surface area contributed by atoms with E-state index in [0.29, 0.717) is 18.2 Å². The maximum Gasteiger partial charge on any atom is 0.191 e. The van der Waals surface area contributed by atoms with Gasteiger partial charge in [0.05, 0.1) is 6.54 Å². The molecule has 0 radical (unpaired) electrons. The molecule has 4 nitrogen and oxygen atoms in total. The van der Waals surface area contributed by atoms with Crippen LogP contribution in [0.15, 0.2) is 59.6 Å². The molecule has 3 rings (SSSR count). The number of aliphatic imine (C=N–C) groups is 1. The Labute approximate surface area is 148 Å². The first-order chi connectivity index (χ1) is 12.3. The van der Waals surface area contributed by atoms with Crippen molar-refractivity contribution in [2.45, 2.75) is 25.9 Å². The van der Waals surface area contributed by atoms with Crippen LogP contribution in [0, 0.1) is 5.82 Å². The number of rotatable bonds is 5. The van der Waals surface area contributed by atoms with Gasteiger partial charge in [0, 0.05) is 36.9 Å². The number of nitrogens with one attached hydrogen (secondary N) is 2. The molecule has 132 valence electrons. The van der Waals surface area contributed by atoms with Crippen molar-refractivity contribution < 1.29 is 4.39 Å². The highest BCUT2D eigenvalue weighted by Crippen LogP contribution is 2.19. The van der Waals surface area contributed by atoms with Gasteiger partial charge in [0.25, 0.3) is 0 Å². The number of guanidine groups is 1. The lowest BCUT2D eigenvalue weighted by Crippen LogP contribution is -2.44. The second-order valence-corrected chi connectivity index (χ2v) is 6.20. The van der Waals surface area contributed by atoms with Crippen LogP contribution >= 0.6 is 0 Å². The monoisotopic (exact) mass is 340 g/mol. The minimum absolute atomic E-state index is 0.210. The minimum atomic E-state index is -0.210. The highest BCUT2D eigenvalue weighted by molar-refractivity contribution is 5.80. The fourth-order valence-corrected chi connectivity index (χ4v) is 3.06. The van der Waals surface area contributed by atoms with Crippen molar-refractivity contribution >= 4 is 11.6 Å². The molecule has 0 aromatic heterocycles. The molecular formula is C20H25FN4. The zero-order valence-corrected chi connectivity index (χ0v) is 14.6. The van der Waals surface area contributed by atoms with E-state index in [-0.39, 0.29) is 5.82 Å². The summed E-state index contributed by atoms with van der Waals surface area (Å²) in [5.74, 6) is 0.531. The molecule has 0 bridgehead atoms. The van der Waals surface area contributed by atoms with E-state index in [0.717, 1.165) is 32.0 Å². The Kier molecular flexibility index (Phi) is 5.88. The Bertz CT molecular complexity index is 702. The molecule has 1 saturated heterocycles. The SMILES string of the molecule is CCNC(=NCc1ccccc1F)NC1CCN(c2ccccc2)C1. The predicted octanol–water partition coefficient (Wildman–Crippen LogP) is 3.16. The molecule has 1 fully saturated rings. The number of hydrogen-bond donors (Lipinski definition) is 2. The summed E-state index contributed by atoms with van der Waals surface area (Å²) in [6.45, 7) is 5.10. The second kappa shape index (κ2) is 8.51. The van der Waals surface area contributed by atoms with Crippen molar-refractivity contribution in [3.05, 3.63) is 66.0 Å². The van der Waals surface area contributed by atoms with Crippen LogP contribution in [0.1, 0.15) is 18.9 Å². The van der Waals surface area contributed by atoms with Crippen molar-refractivity contribution in [1.82, 2.24) is 10.6 Å². The molecule has 0 amide bonds. The van der Waals surface area contributed by atoms with Gasteiger partial charge >= 0.3 is 0 Å². The number of halogens is 1. The van der Waals surface area contributed by atoms with Crippen molar-refractivity contribution in [2.75, 3.05) is 24.5 Å². The van der Waals surface area contributed by atoms with E-state index in [9.17, 15) is 4.39 Å². The highest BCUT2D eigenvalue weighted by atomic mass is 19.1. The van der Waals surface area contributed by atoms with Gasteiger partial charge in [-0.1, -0.05) is 36.4 Å². The molecule has 0 aliphatic carbocycles. The third-order valence-electron chi connectivity index (χ3n) is 4.36. The molecule has 2 aromatic carbocycles. The lowest BCUT2D eigenvalue weighted by atomic mass is 10.2. The van der Waals surface area contributed by atoms with E-state index in [1.54, 1.807) is 12.1 Å². The maximum atomic E-state index is 13.8. The van der Waals surface area contributed by atoms with Crippen LogP contribution in [-0.4, -0.2) is 31.6 Å². The van der Waals surface area contributed by atoms with E-state index in [1.165, 1.54) is 11.8 Å². The Balaban J connectivity index is 1.60. The van der Waals surface area contributed by atoms with E-state index in [2.05, 4.69) is 44.8 Å². The summed E-state index contributed by atoms with van der Waals surface area (Å²) in [5, 5.41) is 6.73. The molecule has 0 saturated carbocycles.